The summed E-state index contributed by atoms with van der Waals surface area (Å²) in [7, 11) is 0. The van der Waals surface area contributed by atoms with Crippen LogP contribution in [0.5, 0.6) is 0 Å². The highest BCUT2D eigenvalue weighted by molar-refractivity contribution is 8.00. The second-order valence-corrected chi connectivity index (χ2v) is 11.3. The smallest absolute Gasteiger partial charge is 0.256 e. The quantitative estimate of drug-likeness (QED) is 0.259. The molecule has 8 heteroatoms. The summed E-state index contributed by atoms with van der Waals surface area (Å²) in [6.45, 7) is 0. The summed E-state index contributed by atoms with van der Waals surface area (Å²) in [5.74, 6) is 0.142. The van der Waals surface area contributed by atoms with Crippen molar-refractivity contribution in [1.82, 2.24) is 10.3 Å². The molecule has 5 rings (SSSR count). The number of hydrogen-bond acceptors (Lipinski definition) is 6. The average molecular weight is 527 g/mol. The molecule has 2 amide bonds. The summed E-state index contributed by atoms with van der Waals surface area (Å²) in [4.78, 5) is 30.8. The van der Waals surface area contributed by atoms with Crippen molar-refractivity contribution in [3.05, 3.63) is 89.0 Å². The highest BCUT2D eigenvalue weighted by atomic mass is 32.2. The van der Waals surface area contributed by atoms with Gasteiger partial charge in [0.1, 0.15) is 0 Å². The molecule has 1 aliphatic rings. The first kappa shape index (κ1) is 25.0. The minimum Gasteiger partial charge on any atom is -0.349 e. The Hall–Kier alpha value is -3.67. The highest BCUT2D eigenvalue weighted by Crippen LogP contribution is 2.33. The summed E-state index contributed by atoms with van der Waals surface area (Å²) in [5.41, 5.74) is 3.90. The van der Waals surface area contributed by atoms with Crippen LogP contribution in [0.15, 0.2) is 71.1 Å². The van der Waals surface area contributed by atoms with Gasteiger partial charge in [0.05, 0.1) is 33.0 Å². The second-order valence-electron chi connectivity index (χ2n) is 9.03. The monoisotopic (exact) mass is 526 g/mol. The van der Waals surface area contributed by atoms with E-state index < -0.39 is 0 Å². The van der Waals surface area contributed by atoms with Crippen molar-refractivity contribution in [1.29, 1.82) is 5.26 Å². The van der Waals surface area contributed by atoms with Crippen LogP contribution in [0, 0.1) is 11.3 Å². The third-order valence-electron chi connectivity index (χ3n) is 6.47. The number of nitrogens with one attached hydrogen (secondary N) is 2. The first-order valence-corrected chi connectivity index (χ1v) is 14.1. The maximum absolute atomic E-state index is 13.2. The van der Waals surface area contributed by atoms with E-state index in [1.807, 2.05) is 42.5 Å². The third kappa shape index (κ3) is 6.01. The minimum absolute atomic E-state index is 0.173. The molecule has 2 N–H and O–H groups in total. The molecule has 6 nitrogen and oxygen atoms in total. The van der Waals surface area contributed by atoms with E-state index in [1.54, 1.807) is 47.4 Å². The van der Waals surface area contributed by atoms with Crippen molar-refractivity contribution in [3.8, 4) is 6.07 Å². The molecule has 1 aromatic heterocycles. The number of hydrogen-bond donors (Lipinski definition) is 2. The first-order chi connectivity index (χ1) is 18.1. The fourth-order valence-corrected chi connectivity index (χ4v) is 6.64. The van der Waals surface area contributed by atoms with Crippen molar-refractivity contribution < 1.29 is 9.59 Å². The van der Waals surface area contributed by atoms with E-state index in [0.717, 1.165) is 45.8 Å². The summed E-state index contributed by atoms with van der Waals surface area (Å²) < 4.78 is 1.85. The van der Waals surface area contributed by atoms with Crippen LogP contribution in [0.3, 0.4) is 0 Å². The van der Waals surface area contributed by atoms with Gasteiger partial charge in [-0.05, 0) is 54.8 Å². The molecular weight excluding hydrogens is 500 g/mol. The number of carbonyl (C=O) groups excluding carboxylic acids is 2. The highest BCUT2D eigenvalue weighted by Gasteiger charge is 2.21. The number of fused-ring (bicyclic) bond motifs is 1. The van der Waals surface area contributed by atoms with Crippen molar-refractivity contribution in [3.63, 3.8) is 0 Å². The van der Waals surface area contributed by atoms with E-state index in [9.17, 15) is 14.9 Å². The Morgan fingerprint density at radius 2 is 1.70 bits per heavy atom. The van der Waals surface area contributed by atoms with Crippen LogP contribution in [0.4, 0.5) is 5.69 Å². The van der Waals surface area contributed by atoms with Crippen LogP contribution < -0.4 is 10.6 Å². The number of nitrogens with zero attached hydrogens (tertiary/aromatic N) is 2. The fourth-order valence-electron chi connectivity index (χ4n) is 4.53. The Morgan fingerprint density at radius 1 is 0.973 bits per heavy atom. The number of benzene rings is 3. The molecule has 4 aromatic rings. The Bertz CT molecular complexity index is 1480. The van der Waals surface area contributed by atoms with Gasteiger partial charge >= 0.3 is 0 Å². The normalized spacial score (nSPS) is 13.7. The van der Waals surface area contributed by atoms with Gasteiger partial charge in [-0.1, -0.05) is 61.4 Å². The summed E-state index contributed by atoms with van der Waals surface area (Å²) >= 11 is 3.14. The van der Waals surface area contributed by atoms with Crippen LogP contribution in [-0.2, 0) is 5.75 Å². The summed E-state index contributed by atoms with van der Waals surface area (Å²) in [5, 5.41) is 15.4. The Balaban J connectivity index is 1.28. The van der Waals surface area contributed by atoms with Gasteiger partial charge in [0, 0.05) is 17.5 Å². The molecule has 0 aliphatic heterocycles. The van der Waals surface area contributed by atoms with E-state index in [4.69, 9.17) is 0 Å². The van der Waals surface area contributed by atoms with E-state index in [1.165, 1.54) is 6.42 Å². The third-order valence-corrected chi connectivity index (χ3v) is 8.68. The minimum atomic E-state index is -0.319. The van der Waals surface area contributed by atoms with Crippen molar-refractivity contribution in [2.45, 2.75) is 48.2 Å². The van der Waals surface area contributed by atoms with Crippen LogP contribution in [0.2, 0.25) is 0 Å². The molecule has 0 spiro atoms. The number of carbonyl (C=O) groups is 2. The molecule has 0 atom stereocenters. The van der Waals surface area contributed by atoms with E-state index >= 15 is 0 Å². The summed E-state index contributed by atoms with van der Waals surface area (Å²) in [6, 6.07) is 22.5. The van der Waals surface area contributed by atoms with Crippen LogP contribution in [0.1, 0.15) is 63.9 Å². The van der Waals surface area contributed by atoms with Crippen molar-refractivity contribution >= 4 is 50.8 Å². The number of anilines is 1. The molecule has 1 aliphatic carbocycles. The standard InChI is InChI=1S/C29H26N4O2S2/c30-17-19-8-4-5-9-20(19)18-36-29-33-25-15-14-22(16-26(25)37-29)32-28(35)24-13-7-6-12-23(24)27(34)31-21-10-2-1-3-11-21/h4-9,12-16,21H,1-3,10-11,18H2,(H,31,34)(H,32,35). The zero-order chi connectivity index (χ0) is 25.6. The van der Waals surface area contributed by atoms with Gasteiger partial charge in [0.15, 0.2) is 4.34 Å². The van der Waals surface area contributed by atoms with Gasteiger partial charge in [-0.25, -0.2) is 4.98 Å². The van der Waals surface area contributed by atoms with E-state index in [0.29, 0.717) is 28.1 Å². The van der Waals surface area contributed by atoms with Crippen LogP contribution >= 0.6 is 23.1 Å². The second kappa shape index (κ2) is 11.6. The Labute approximate surface area is 224 Å². The van der Waals surface area contributed by atoms with Crippen LogP contribution in [0.25, 0.3) is 10.2 Å². The molecule has 3 aromatic carbocycles. The molecule has 37 heavy (non-hydrogen) atoms. The lowest BCUT2D eigenvalue weighted by Gasteiger charge is -2.23. The first-order valence-electron chi connectivity index (χ1n) is 12.3. The number of rotatable bonds is 7. The lowest BCUT2D eigenvalue weighted by atomic mass is 9.95. The fraction of sp³-hybridized carbons (Fsp3) is 0.241. The maximum Gasteiger partial charge on any atom is 0.256 e. The van der Waals surface area contributed by atoms with Gasteiger partial charge in [-0.3, -0.25) is 9.59 Å². The molecule has 1 heterocycles. The van der Waals surface area contributed by atoms with Crippen molar-refractivity contribution in [2.24, 2.45) is 0 Å². The number of thioether (sulfide) groups is 1. The lowest BCUT2D eigenvalue weighted by molar-refractivity contribution is 0.0917. The van der Waals surface area contributed by atoms with Gasteiger partial charge in [-0.2, -0.15) is 5.26 Å². The summed E-state index contributed by atoms with van der Waals surface area (Å²) in [6.07, 6.45) is 5.44. The molecule has 0 unspecified atom stereocenters. The Kier molecular flexibility index (Phi) is 7.83. The molecule has 1 saturated carbocycles. The zero-order valence-corrected chi connectivity index (χ0v) is 21.8. The number of thiazole rings is 1. The molecule has 1 fully saturated rings. The van der Waals surface area contributed by atoms with Gasteiger partial charge in [0.2, 0.25) is 0 Å². The molecule has 186 valence electrons. The van der Waals surface area contributed by atoms with Gasteiger partial charge < -0.3 is 10.6 Å². The van der Waals surface area contributed by atoms with Crippen LogP contribution in [-0.4, -0.2) is 22.8 Å². The predicted molar refractivity (Wildman–Crippen MR) is 149 cm³/mol. The van der Waals surface area contributed by atoms with Crippen molar-refractivity contribution in [2.75, 3.05) is 5.32 Å². The topological polar surface area (TPSA) is 94.9 Å². The zero-order valence-electron chi connectivity index (χ0n) is 20.2. The van der Waals surface area contributed by atoms with E-state index in [2.05, 4.69) is 21.7 Å². The molecule has 0 bridgehead atoms. The SMILES string of the molecule is N#Cc1ccccc1CSc1nc2ccc(NC(=O)c3ccccc3C(=O)NC3CCCCC3)cc2s1. The van der Waals surface area contributed by atoms with Gasteiger partial charge in [0.25, 0.3) is 11.8 Å². The number of aromatic nitrogens is 1. The van der Waals surface area contributed by atoms with Gasteiger partial charge in [-0.15, -0.1) is 11.3 Å². The number of nitriles is 1. The maximum atomic E-state index is 13.2. The van der Waals surface area contributed by atoms with E-state index in [-0.39, 0.29) is 17.9 Å². The molecule has 0 radical (unpaired) electrons. The number of amides is 2. The lowest BCUT2D eigenvalue weighted by Crippen LogP contribution is -2.37. The molecular formula is C29H26N4O2S2. The molecule has 0 saturated heterocycles. The predicted octanol–water partition coefficient (Wildman–Crippen LogP) is 6.78. The largest absolute Gasteiger partial charge is 0.349 e. The average Bonchev–Trinajstić information content (AvgIpc) is 3.35. The Morgan fingerprint density at radius 3 is 2.49 bits per heavy atom.